The number of methoxy groups -OCH3 is 1. The zero-order valence-electron chi connectivity index (χ0n) is 12.0. The fraction of sp³-hybridized carbons (Fsp3) is 0.733. The lowest BCUT2D eigenvalue weighted by Crippen LogP contribution is -2.37. The first-order chi connectivity index (χ1) is 9.55. The van der Waals surface area contributed by atoms with Crippen molar-refractivity contribution in [3.63, 3.8) is 0 Å². The average molecular weight is 341 g/mol. The van der Waals surface area contributed by atoms with E-state index in [0.29, 0.717) is 10.4 Å². The molecule has 0 aromatic carbocycles. The molecule has 0 bridgehead atoms. The van der Waals surface area contributed by atoms with Gasteiger partial charge in [-0.25, -0.2) is 4.98 Å². The molecule has 1 aromatic heterocycles. The number of halogens is 1. The molecule has 1 heterocycles. The zero-order valence-corrected chi connectivity index (χ0v) is 13.6. The molecular formula is C15H21BrN2O2. The van der Waals surface area contributed by atoms with Crippen LogP contribution < -0.4 is 5.56 Å². The third-order valence-corrected chi connectivity index (χ3v) is 5.52. The van der Waals surface area contributed by atoms with Crippen LogP contribution >= 0.6 is 15.9 Å². The molecule has 3 rings (SSSR count). The Morgan fingerprint density at radius 3 is 2.50 bits per heavy atom. The molecule has 5 heteroatoms. The second kappa shape index (κ2) is 5.26. The van der Waals surface area contributed by atoms with E-state index in [1.165, 1.54) is 0 Å². The molecule has 0 saturated heterocycles. The normalized spacial score (nSPS) is 30.4. The standard InChI is InChI=1S/C15H21BrN2O2/c1-9-5-7-15(20-2,8-6-9)14-17-12(10-3-4-10)11(16)13(19)18-14/h9-10H,3-8H2,1-2H3,(H,17,18,19). The van der Waals surface area contributed by atoms with Crippen molar-refractivity contribution in [1.29, 1.82) is 0 Å². The third kappa shape index (κ3) is 2.46. The summed E-state index contributed by atoms with van der Waals surface area (Å²) in [5.41, 5.74) is 0.432. The van der Waals surface area contributed by atoms with Gasteiger partial charge >= 0.3 is 0 Å². The van der Waals surface area contributed by atoms with Crippen LogP contribution in [-0.2, 0) is 10.3 Å². The molecule has 2 aliphatic rings. The Labute approximate surface area is 127 Å². The van der Waals surface area contributed by atoms with Gasteiger partial charge in [0.15, 0.2) is 0 Å². The van der Waals surface area contributed by atoms with Gasteiger partial charge in [-0.2, -0.15) is 0 Å². The molecule has 0 radical (unpaired) electrons. The van der Waals surface area contributed by atoms with Crippen LogP contribution in [0.2, 0.25) is 0 Å². The van der Waals surface area contributed by atoms with Gasteiger partial charge in [0.05, 0.1) is 5.69 Å². The maximum Gasteiger partial charge on any atom is 0.265 e. The molecular weight excluding hydrogens is 320 g/mol. The first-order valence-electron chi connectivity index (χ1n) is 7.41. The number of rotatable bonds is 3. The summed E-state index contributed by atoms with van der Waals surface area (Å²) >= 11 is 3.38. The van der Waals surface area contributed by atoms with Gasteiger partial charge < -0.3 is 9.72 Å². The minimum Gasteiger partial charge on any atom is -0.370 e. The number of hydrogen-bond acceptors (Lipinski definition) is 3. The van der Waals surface area contributed by atoms with Gasteiger partial charge in [-0.3, -0.25) is 4.79 Å². The lowest BCUT2D eigenvalue weighted by molar-refractivity contribution is -0.0600. The Morgan fingerprint density at radius 2 is 1.95 bits per heavy atom. The Bertz CT molecular complexity index is 557. The third-order valence-electron chi connectivity index (χ3n) is 4.76. The highest BCUT2D eigenvalue weighted by atomic mass is 79.9. The molecule has 0 spiro atoms. The summed E-state index contributed by atoms with van der Waals surface area (Å²) in [4.78, 5) is 19.9. The summed E-state index contributed by atoms with van der Waals surface area (Å²) in [6.45, 7) is 2.27. The largest absolute Gasteiger partial charge is 0.370 e. The summed E-state index contributed by atoms with van der Waals surface area (Å²) in [5.74, 6) is 1.90. The van der Waals surface area contributed by atoms with Crippen molar-refractivity contribution in [2.45, 2.75) is 57.0 Å². The molecule has 110 valence electrons. The Balaban J connectivity index is 2.01. The monoisotopic (exact) mass is 340 g/mol. The number of nitrogens with zero attached hydrogens (tertiary/aromatic N) is 1. The molecule has 2 aliphatic carbocycles. The predicted octanol–water partition coefficient (Wildman–Crippen LogP) is 3.46. The van der Waals surface area contributed by atoms with E-state index in [1.54, 1.807) is 7.11 Å². The number of H-pyrrole nitrogens is 1. The summed E-state index contributed by atoms with van der Waals surface area (Å²) < 4.78 is 6.41. The van der Waals surface area contributed by atoms with E-state index in [4.69, 9.17) is 9.72 Å². The molecule has 4 nitrogen and oxygen atoms in total. The number of ether oxygens (including phenoxy) is 1. The molecule has 1 aromatic rings. The van der Waals surface area contributed by atoms with E-state index < -0.39 is 5.60 Å². The van der Waals surface area contributed by atoms with Gasteiger partial charge in [0.2, 0.25) is 0 Å². The van der Waals surface area contributed by atoms with Crippen molar-refractivity contribution < 1.29 is 4.74 Å². The van der Waals surface area contributed by atoms with Gasteiger partial charge in [-0.1, -0.05) is 6.92 Å². The second-order valence-corrected chi connectivity index (χ2v) is 7.06. The van der Waals surface area contributed by atoms with Crippen LogP contribution in [0.5, 0.6) is 0 Å². The minimum absolute atomic E-state index is 0.0769. The van der Waals surface area contributed by atoms with Gasteiger partial charge in [0, 0.05) is 13.0 Å². The quantitative estimate of drug-likeness (QED) is 0.916. The predicted molar refractivity (Wildman–Crippen MR) is 80.9 cm³/mol. The van der Waals surface area contributed by atoms with Crippen molar-refractivity contribution in [3.05, 3.63) is 26.3 Å². The SMILES string of the molecule is COC1(c2nc(C3CC3)c(Br)c(=O)[nH]2)CCC(C)CC1. The number of nitrogens with one attached hydrogen (secondary N) is 1. The molecule has 1 N–H and O–H groups in total. The highest BCUT2D eigenvalue weighted by molar-refractivity contribution is 9.10. The van der Waals surface area contributed by atoms with Crippen molar-refractivity contribution in [3.8, 4) is 0 Å². The minimum atomic E-state index is -0.407. The summed E-state index contributed by atoms with van der Waals surface area (Å²) in [7, 11) is 1.73. The van der Waals surface area contributed by atoms with Gasteiger partial charge in [-0.15, -0.1) is 0 Å². The Hall–Kier alpha value is -0.680. The van der Waals surface area contributed by atoms with Crippen molar-refractivity contribution in [1.82, 2.24) is 9.97 Å². The molecule has 20 heavy (non-hydrogen) atoms. The van der Waals surface area contributed by atoms with E-state index >= 15 is 0 Å². The number of hydrogen-bond donors (Lipinski definition) is 1. The molecule has 0 unspecified atom stereocenters. The highest BCUT2D eigenvalue weighted by Gasteiger charge is 2.40. The van der Waals surface area contributed by atoms with E-state index in [1.807, 2.05) is 0 Å². The van der Waals surface area contributed by atoms with Gasteiger partial charge in [-0.05, 0) is 60.4 Å². The zero-order chi connectivity index (χ0) is 14.3. The molecule has 2 saturated carbocycles. The Morgan fingerprint density at radius 1 is 1.30 bits per heavy atom. The van der Waals surface area contributed by atoms with Crippen LogP contribution in [0.15, 0.2) is 9.27 Å². The van der Waals surface area contributed by atoms with Crippen LogP contribution in [0.1, 0.15) is 62.9 Å². The molecule has 0 amide bonds. The van der Waals surface area contributed by atoms with E-state index in [9.17, 15) is 4.79 Å². The highest BCUT2D eigenvalue weighted by Crippen LogP contribution is 2.44. The average Bonchev–Trinajstić information content (AvgIpc) is 3.27. The first kappa shape index (κ1) is 14.3. The first-order valence-corrected chi connectivity index (χ1v) is 8.20. The molecule has 0 atom stereocenters. The van der Waals surface area contributed by atoms with Crippen molar-refractivity contribution >= 4 is 15.9 Å². The summed E-state index contributed by atoms with van der Waals surface area (Å²) in [6.07, 6.45) is 6.36. The van der Waals surface area contributed by atoms with Gasteiger partial charge in [0.25, 0.3) is 5.56 Å². The number of aromatic nitrogens is 2. The lowest BCUT2D eigenvalue weighted by atomic mass is 9.79. The topological polar surface area (TPSA) is 55.0 Å². The maximum atomic E-state index is 12.2. The second-order valence-electron chi connectivity index (χ2n) is 6.27. The van der Waals surface area contributed by atoms with Crippen LogP contribution in [0.3, 0.4) is 0 Å². The molecule has 2 fully saturated rings. The van der Waals surface area contributed by atoms with Crippen LogP contribution in [0.25, 0.3) is 0 Å². The molecule has 0 aliphatic heterocycles. The lowest BCUT2D eigenvalue weighted by Gasteiger charge is -2.37. The summed E-state index contributed by atoms with van der Waals surface area (Å²) in [6, 6.07) is 0. The smallest absolute Gasteiger partial charge is 0.265 e. The van der Waals surface area contributed by atoms with Crippen molar-refractivity contribution in [2.75, 3.05) is 7.11 Å². The van der Waals surface area contributed by atoms with Gasteiger partial charge in [0.1, 0.15) is 15.9 Å². The van der Waals surface area contributed by atoms with E-state index in [0.717, 1.165) is 56.0 Å². The van der Waals surface area contributed by atoms with Crippen LogP contribution in [0, 0.1) is 5.92 Å². The van der Waals surface area contributed by atoms with Crippen LogP contribution in [-0.4, -0.2) is 17.1 Å². The fourth-order valence-corrected chi connectivity index (χ4v) is 3.60. The van der Waals surface area contributed by atoms with Crippen LogP contribution in [0.4, 0.5) is 0 Å². The summed E-state index contributed by atoms with van der Waals surface area (Å²) in [5, 5.41) is 0. The number of aromatic amines is 1. The van der Waals surface area contributed by atoms with E-state index in [-0.39, 0.29) is 5.56 Å². The fourth-order valence-electron chi connectivity index (χ4n) is 3.09. The maximum absolute atomic E-state index is 12.2. The van der Waals surface area contributed by atoms with Crippen molar-refractivity contribution in [2.24, 2.45) is 5.92 Å². The van der Waals surface area contributed by atoms with E-state index in [2.05, 4.69) is 27.8 Å². The Kier molecular flexibility index (Phi) is 3.75.